The van der Waals surface area contributed by atoms with E-state index in [1.165, 1.54) is 0 Å². The Morgan fingerprint density at radius 1 is 1.11 bits per heavy atom. The summed E-state index contributed by atoms with van der Waals surface area (Å²) in [7, 11) is 0. The van der Waals surface area contributed by atoms with Gasteiger partial charge in [0.1, 0.15) is 12.4 Å². The molecule has 0 saturated carbocycles. The lowest BCUT2D eigenvalue weighted by atomic mass is 9.99. The van der Waals surface area contributed by atoms with Crippen molar-refractivity contribution in [2.45, 2.75) is 52.1 Å². The van der Waals surface area contributed by atoms with Crippen molar-refractivity contribution in [3.63, 3.8) is 0 Å². The molecule has 0 N–H and O–H groups in total. The molecule has 0 radical (unpaired) electrons. The van der Waals surface area contributed by atoms with E-state index < -0.39 is 0 Å². The molecule has 0 aliphatic carbocycles. The van der Waals surface area contributed by atoms with Crippen molar-refractivity contribution in [3.8, 4) is 0 Å². The summed E-state index contributed by atoms with van der Waals surface area (Å²) in [6.45, 7) is 6.61. The fraction of sp³-hybridized carbons (Fsp3) is 0.571. The first-order chi connectivity index (χ1) is 13.0. The number of rotatable bonds is 3. The Bertz CT molecular complexity index is 851. The molecule has 2 aromatic rings. The maximum Gasteiger partial charge on any atom is 0.242 e. The molecule has 2 saturated heterocycles. The van der Waals surface area contributed by atoms with Crippen LogP contribution in [0.2, 0.25) is 0 Å². The molecular weight excluding hydrogens is 340 g/mol. The monoisotopic (exact) mass is 368 g/mol. The molecule has 4 rings (SSSR count). The summed E-state index contributed by atoms with van der Waals surface area (Å²) < 4.78 is 2.04. The van der Waals surface area contributed by atoms with Gasteiger partial charge in [0.25, 0.3) is 0 Å². The number of imidazole rings is 1. The van der Waals surface area contributed by atoms with Crippen LogP contribution in [0.3, 0.4) is 0 Å². The molecular formula is C21H28N4O2. The highest BCUT2D eigenvalue weighted by atomic mass is 16.2. The maximum absolute atomic E-state index is 13.0. The van der Waals surface area contributed by atoms with Crippen LogP contribution >= 0.6 is 0 Å². The zero-order valence-electron chi connectivity index (χ0n) is 16.2. The first kappa shape index (κ1) is 18.0. The number of likely N-dealkylation sites (tertiary alicyclic amines) is 2. The fourth-order valence-electron chi connectivity index (χ4n) is 4.42. The molecule has 2 fully saturated rings. The van der Waals surface area contributed by atoms with Crippen molar-refractivity contribution < 1.29 is 9.59 Å². The smallest absolute Gasteiger partial charge is 0.242 e. The summed E-state index contributed by atoms with van der Waals surface area (Å²) in [6.07, 6.45) is 4.03. The lowest BCUT2D eigenvalue weighted by molar-refractivity contribution is -0.133. The van der Waals surface area contributed by atoms with E-state index in [4.69, 9.17) is 4.98 Å². The number of hydrogen-bond acceptors (Lipinski definition) is 3. The van der Waals surface area contributed by atoms with Gasteiger partial charge in [-0.25, -0.2) is 4.98 Å². The van der Waals surface area contributed by atoms with Crippen LogP contribution in [0.5, 0.6) is 0 Å². The van der Waals surface area contributed by atoms with Gasteiger partial charge in [0.2, 0.25) is 11.8 Å². The molecule has 144 valence electrons. The highest BCUT2D eigenvalue weighted by molar-refractivity contribution is 5.81. The molecule has 6 nitrogen and oxygen atoms in total. The van der Waals surface area contributed by atoms with Gasteiger partial charge in [-0.1, -0.05) is 19.1 Å². The second kappa shape index (κ2) is 7.33. The minimum atomic E-state index is -0.0379. The number of amides is 2. The fourth-order valence-corrected chi connectivity index (χ4v) is 4.42. The number of piperidine rings is 1. The molecule has 1 aromatic heterocycles. The summed E-state index contributed by atoms with van der Waals surface area (Å²) in [5.41, 5.74) is 1.87. The van der Waals surface area contributed by atoms with Crippen LogP contribution in [0, 0.1) is 5.92 Å². The number of carbonyl (C=O) groups excluding carboxylic acids is 2. The number of hydrogen-bond donors (Lipinski definition) is 0. The number of benzene rings is 1. The van der Waals surface area contributed by atoms with Crippen LogP contribution in [0.1, 0.15) is 51.4 Å². The van der Waals surface area contributed by atoms with Crippen molar-refractivity contribution in [3.05, 3.63) is 30.1 Å². The van der Waals surface area contributed by atoms with Crippen molar-refractivity contribution in [2.75, 3.05) is 19.6 Å². The average molecular weight is 368 g/mol. The number of para-hydroxylation sites is 2. The van der Waals surface area contributed by atoms with E-state index in [0.717, 1.165) is 62.2 Å². The van der Waals surface area contributed by atoms with E-state index >= 15 is 0 Å². The molecule has 1 aromatic carbocycles. The van der Waals surface area contributed by atoms with Gasteiger partial charge in [-0.15, -0.1) is 0 Å². The number of nitrogens with zero attached hydrogens (tertiary/aromatic N) is 4. The third-order valence-electron chi connectivity index (χ3n) is 6.07. The van der Waals surface area contributed by atoms with Gasteiger partial charge in [0, 0.05) is 26.6 Å². The highest BCUT2D eigenvalue weighted by Crippen LogP contribution is 2.33. The number of fused-ring (bicyclic) bond motifs is 1. The van der Waals surface area contributed by atoms with E-state index in [-0.39, 0.29) is 17.9 Å². The largest absolute Gasteiger partial charge is 0.341 e. The molecule has 3 heterocycles. The van der Waals surface area contributed by atoms with Crippen LogP contribution in [-0.4, -0.2) is 50.8 Å². The molecule has 6 heteroatoms. The zero-order valence-corrected chi connectivity index (χ0v) is 16.2. The summed E-state index contributed by atoms with van der Waals surface area (Å²) in [4.78, 5) is 33.8. The Kier molecular flexibility index (Phi) is 4.89. The molecule has 0 spiro atoms. The predicted octanol–water partition coefficient (Wildman–Crippen LogP) is 2.98. The summed E-state index contributed by atoms with van der Waals surface area (Å²) in [5, 5.41) is 0. The lowest BCUT2D eigenvalue weighted by Crippen LogP contribution is -2.40. The van der Waals surface area contributed by atoms with E-state index in [2.05, 4.69) is 6.92 Å². The summed E-state index contributed by atoms with van der Waals surface area (Å²) in [5.74, 6) is 1.77. The van der Waals surface area contributed by atoms with Crippen molar-refractivity contribution in [2.24, 2.45) is 5.92 Å². The molecule has 1 atom stereocenters. The Morgan fingerprint density at radius 3 is 2.59 bits per heavy atom. The normalized spacial score (nSPS) is 21.2. The molecule has 27 heavy (non-hydrogen) atoms. The molecule has 0 bridgehead atoms. The van der Waals surface area contributed by atoms with Crippen LogP contribution in [0.4, 0.5) is 0 Å². The Hall–Kier alpha value is -2.37. The van der Waals surface area contributed by atoms with Gasteiger partial charge in [0.15, 0.2) is 0 Å². The first-order valence-electron chi connectivity index (χ1n) is 10.0. The Morgan fingerprint density at radius 2 is 1.85 bits per heavy atom. The summed E-state index contributed by atoms with van der Waals surface area (Å²) >= 11 is 0. The van der Waals surface area contributed by atoms with Gasteiger partial charge >= 0.3 is 0 Å². The third kappa shape index (κ3) is 3.45. The van der Waals surface area contributed by atoms with Crippen LogP contribution < -0.4 is 0 Å². The van der Waals surface area contributed by atoms with Crippen molar-refractivity contribution >= 4 is 22.8 Å². The molecule has 2 aliphatic heterocycles. The second-order valence-electron chi connectivity index (χ2n) is 7.98. The van der Waals surface area contributed by atoms with E-state index in [1.54, 1.807) is 6.92 Å². The second-order valence-corrected chi connectivity index (χ2v) is 7.98. The average Bonchev–Trinajstić information content (AvgIpc) is 3.27. The standard InChI is InChI=1S/C21H28N4O2/c1-15-9-12-23(13-10-15)20(27)14-25-18-7-4-3-6-17(18)22-21(25)19-8-5-11-24(19)16(2)26/h3-4,6-7,15,19H,5,8-14H2,1-2H3/t19-/m0/s1. The molecule has 2 aliphatic rings. The third-order valence-corrected chi connectivity index (χ3v) is 6.07. The van der Waals surface area contributed by atoms with Gasteiger partial charge in [-0.2, -0.15) is 0 Å². The Balaban J connectivity index is 1.66. The van der Waals surface area contributed by atoms with E-state index in [1.807, 2.05) is 38.6 Å². The minimum absolute atomic E-state index is 0.0379. The number of carbonyl (C=O) groups is 2. The van der Waals surface area contributed by atoms with Crippen molar-refractivity contribution in [1.29, 1.82) is 0 Å². The van der Waals surface area contributed by atoms with Gasteiger partial charge in [-0.05, 0) is 43.7 Å². The topological polar surface area (TPSA) is 58.4 Å². The number of aromatic nitrogens is 2. The maximum atomic E-state index is 13.0. The van der Waals surface area contributed by atoms with Crippen LogP contribution in [0.25, 0.3) is 11.0 Å². The van der Waals surface area contributed by atoms with E-state index in [9.17, 15) is 9.59 Å². The summed E-state index contributed by atoms with van der Waals surface area (Å²) in [6, 6.07) is 7.91. The predicted molar refractivity (Wildman–Crippen MR) is 104 cm³/mol. The van der Waals surface area contributed by atoms with Crippen LogP contribution in [-0.2, 0) is 16.1 Å². The SMILES string of the molecule is CC(=O)N1CCC[C@H]1c1nc2ccccc2n1CC(=O)N1CCC(C)CC1. The lowest BCUT2D eigenvalue weighted by Gasteiger charge is -2.31. The van der Waals surface area contributed by atoms with Crippen molar-refractivity contribution in [1.82, 2.24) is 19.4 Å². The van der Waals surface area contributed by atoms with Gasteiger partial charge in [-0.3, -0.25) is 9.59 Å². The van der Waals surface area contributed by atoms with Gasteiger partial charge in [0.05, 0.1) is 17.1 Å². The minimum Gasteiger partial charge on any atom is -0.341 e. The molecule has 0 unspecified atom stereocenters. The molecule has 2 amide bonds. The first-order valence-corrected chi connectivity index (χ1v) is 10.0. The zero-order chi connectivity index (χ0) is 19.0. The van der Waals surface area contributed by atoms with Gasteiger partial charge < -0.3 is 14.4 Å². The Labute approximate surface area is 160 Å². The van der Waals surface area contributed by atoms with E-state index in [0.29, 0.717) is 12.5 Å². The highest BCUT2D eigenvalue weighted by Gasteiger charge is 2.33. The quantitative estimate of drug-likeness (QED) is 0.837. The van der Waals surface area contributed by atoms with Crippen LogP contribution in [0.15, 0.2) is 24.3 Å².